The molecule has 2 N–H and O–H groups in total. The zero-order valence-corrected chi connectivity index (χ0v) is 12.4. The second-order valence-corrected chi connectivity index (χ2v) is 6.25. The van der Waals surface area contributed by atoms with Gasteiger partial charge in [0.2, 0.25) is 5.91 Å². The summed E-state index contributed by atoms with van der Waals surface area (Å²) in [5, 5.41) is 11.8. The first-order valence-corrected chi connectivity index (χ1v) is 7.53. The molecule has 1 aromatic rings. The molecule has 0 saturated carbocycles. The molecule has 0 unspecified atom stereocenters. The molecule has 5 heteroatoms. The van der Waals surface area contributed by atoms with Gasteiger partial charge in [-0.15, -0.1) is 11.8 Å². The summed E-state index contributed by atoms with van der Waals surface area (Å²) < 4.78 is 0. The Kier molecular flexibility index (Phi) is 6.87. The summed E-state index contributed by atoms with van der Waals surface area (Å²) in [5.41, 5.74) is 1.07. The van der Waals surface area contributed by atoms with Gasteiger partial charge in [0.25, 0.3) is 0 Å². The lowest BCUT2D eigenvalue weighted by Crippen LogP contribution is -2.35. The number of aliphatic hydroxyl groups is 1. The van der Waals surface area contributed by atoms with Gasteiger partial charge < -0.3 is 10.4 Å². The fourth-order valence-corrected chi connectivity index (χ4v) is 2.32. The maximum Gasteiger partial charge on any atom is 0.230 e. The second-order valence-electron chi connectivity index (χ2n) is 5.27. The van der Waals surface area contributed by atoms with E-state index in [9.17, 15) is 4.79 Å². The van der Waals surface area contributed by atoms with Gasteiger partial charge in [0.15, 0.2) is 0 Å². The van der Waals surface area contributed by atoms with Crippen LogP contribution in [0.2, 0.25) is 0 Å². The van der Waals surface area contributed by atoms with E-state index in [1.165, 1.54) is 0 Å². The molecule has 0 aliphatic rings. The Morgan fingerprint density at radius 1 is 1.53 bits per heavy atom. The van der Waals surface area contributed by atoms with E-state index in [0.29, 0.717) is 18.7 Å². The second kappa shape index (κ2) is 8.17. The van der Waals surface area contributed by atoms with Crippen LogP contribution in [0.25, 0.3) is 0 Å². The molecule has 1 aromatic heterocycles. The van der Waals surface area contributed by atoms with Crippen molar-refractivity contribution in [1.29, 1.82) is 0 Å². The molecule has 4 nitrogen and oxygen atoms in total. The zero-order valence-electron chi connectivity index (χ0n) is 11.6. The van der Waals surface area contributed by atoms with Crippen molar-refractivity contribution >= 4 is 17.7 Å². The van der Waals surface area contributed by atoms with Crippen molar-refractivity contribution in [3.63, 3.8) is 0 Å². The van der Waals surface area contributed by atoms with Gasteiger partial charge >= 0.3 is 0 Å². The van der Waals surface area contributed by atoms with E-state index in [2.05, 4.69) is 10.3 Å². The van der Waals surface area contributed by atoms with E-state index in [1.54, 1.807) is 18.0 Å². The molecule has 1 amide bonds. The van der Waals surface area contributed by atoms with Crippen molar-refractivity contribution in [3.8, 4) is 0 Å². The monoisotopic (exact) mass is 282 g/mol. The number of amides is 1. The molecule has 0 atom stereocenters. The van der Waals surface area contributed by atoms with Crippen LogP contribution in [0.5, 0.6) is 0 Å². The van der Waals surface area contributed by atoms with Crippen LogP contribution in [0, 0.1) is 5.41 Å². The highest BCUT2D eigenvalue weighted by molar-refractivity contribution is 7.99. The molecular formula is C14H22N2O2S. The van der Waals surface area contributed by atoms with E-state index in [0.717, 1.165) is 11.3 Å². The average Bonchev–Trinajstić information content (AvgIpc) is 2.38. The fourth-order valence-electron chi connectivity index (χ4n) is 1.53. The van der Waals surface area contributed by atoms with Gasteiger partial charge in [0.05, 0.1) is 5.75 Å². The van der Waals surface area contributed by atoms with Crippen LogP contribution in [-0.2, 0) is 10.5 Å². The van der Waals surface area contributed by atoms with Crippen LogP contribution in [0.15, 0.2) is 24.5 Å². The highest BCUT2D eigenvalue weighted by Crippen LogP contribution is 2.18. The lowest BCUT2D eigenvalue weighted by atomic mass is 9.90. The fraction of sp³-hybridized carbons (Fsp3) is 0.571. The Hall–Kier alpha value is -1.07. The van der Waals surface area contributed by atoms with Crippen molar-refractivity contribution in [2.75, 3.05) is 18.9 Å². The van der Waals surface area contributed by atoms with E-state index >= 15 is 0 Å². The number of thioether (sulfide) groups is 1. The van der Waals surface area contributed by atoms with E-state index < -0.39 is 0 Å². The predicted molar refractivity (Wildman–Crippen MR) is 78.9 cm³/mol. The molecule has 19 heavy (non-hydrogen) atoms. The molecule has 0 saturated heterocycles. The van der Waals surface area contributed by atoms with Crippen molar-refractivity contribution in [3.05, 3.63) is 30.1 Å². The standard InChI is InChI=1S/C14H22N2O2S/c1-14(2,5-7-17)11-16-13(18)10-19-9-12-4-3-6-15-8-12/h3-4,6,8,17H,5,7,9-11H2,1-2H3,(H,16,18). The van der Waals surface area contributed by atoms with Gasteiger partial charge in [-0.05, 0) is 23.5 Å². The predicted octanol–water partition coefficient (Wildman–Crippen LogP) is 1.84. The minimum absolute atomic E-state index is 0.0416. The molecule has 0 aliphatic carbocycles. The van der Waals surface area contributed by atoms with Gasteiger partial charge in [0, 0.05) is 31.3 Å². The summed E-state index contributed by atoms with van der Waals surface area (Å²) in [7, 11) is 0. The first-order chi connectivity index (χ1) is 9.03. The minimum atomic E-state index is -0.0571. The number of hydrogen-bond acceptors (Lipinski definition) is 4. The highest BCUT2D eigenvalue weighted by Gasteiger charge is 2.17. The number of aliphatic hydroxyl groups excluding tert-OH is 1. The third kappa shape index (κ3) is 7.18. The lowest BCUT2D eigenvalue weighted by Gasteiger charge is -2.23. The number of nitrogens with zero attached hydrogens (tertiary/aromatic N) is 1. The highest BCUT2D eigenvalue weighted by atomic mass is 32.2. The smallest absolute Gasteiger partial charge is 0.230 e. The first kappa shape index (κ1) is 16.0. The van der Waals surface area contributed by atoms with E-state index in [1.807, 2.05) is 32.2 Å². The third-order valence-corrected chi connectivity index (χ3v) is 3.78. The summed E-state index contributed by atoms with van der Waals surface area (Å²) in [6, 6.07) is 3.90. The van der Waals surface area contributed by atoms with Crippen molar-refractivity contribution in [2.24, 2.45) is 5.41 Å². The van der Waals surface area contributed by atoms with Gasteiger partial charge in [-0.25, -0.2) is 0 Å². The van der Waals surface area contributed by atoms with Crippen molar-refractivity contribution in [2.45, 2.75) is 26.0 Å². The van der Waals surface area contributed by atoms with Crippen molar-refractivity contribution in [1.82, 2.24) is 10.3 Å². The Morgan fingerprint density at radius 3 is 2.95 bits per heavy atom. The Bertz CT molecular complexity index is 382. The van der Waals surface area contributed by atoms with Crippen LogP contribution in [0.3, 0.4) is 0 Å². The number of carbonyl (C=O) groups is 1. The molecular weight excluding hydrogens is 260 g/mol. The maximum atomic E-state index is 11.7. The number of pyridine rings is 1. The Morgan fingerprint density at radius 2 is 2.32 bits per heavy atom. The summed E-state index contributed by atoms with van der Waals surface area (Å²) >= 11 is 1.58. The summed E-state index contributed by atoms with van der Waals surface area (Å²) in [5.74, 6) is 1.28. The maximum absolute atomic E-state index is 11.7. The van der Waals surface area contributed by atoms with Crippen LogP contribution in [0.4, 0.5) is 0 Å². The van der Waals surface area contributed by atoms with Crippen LogP contribution >= 0.6 is 11.8 Å². The number of nitrogens with one attached hydrogen (secondary N) is 1. The third-order valence-electron chi connectivity index (χ3n) is 2.78. The molecule has 0 fully saturated rings. The number of carbonyl (C=O) groups excluding carboxylic acids is 1. The summed E-state index contributed by atoms with van der Waals surface area (Å²) in [6.07, 6.45) is 4.25. The van der Waals surface area contributed by atoms with Crippen LogP contribution in [0.1, 0.15) is 25.8 Å². The van der Waals surface area contributed by atoms with Gasteiger partial charge in [-0.3, -0.25) is 9.78 Å². The summed E-state index contributed by atoms with van der Waals surface area (Å²) in [4.78, 5) is 15.7. The number of aromatic nitrogens is 1. The first-order valence-electron chi connectivity index (χ1n) is 6.38. The molecule has 0 aliphatic heterocycles. The quantitative estimate of drug-likeness (QED) is 0.764. The molecule has 1 rings (SSSR count). The number of rotatable bonds is 8. The molecule has 0 bridgehead atoms. The van der Waals surface area contributed by atoms with Gasteiger partial charge in [-0.2, -0.15) is 0 Å². The van der Waals surface area contributed by atoms with Gasteiger partial charge in [0.1, 0.15) is 0 Å². The topological polar surface area (TPSA) is 62.2 Å². The van der Waals surface area contributed by atoms with Crippen LogP contribution in [-0.4, -0.2) is 34.9 Å². The molecule has 0 spiro atoms. The molecule has 0 radical (unpaired) electrons. The van der Waals surface area contributed by atoms with E-state index in [-0.39, 0.29) is 17.9 Å². The Balaban J connectivity index is 2.18. The summed E-state index contributed by atoms with van der Waals surface area (Å²) in [6.45, 7) is 4.82. The lowest BCUT2D eigenvalue weighted by molar-refractivity contribution is -0.119. The Labute approximate surface area is 119 Å². The van der Waals surface area contributed by atoms with Gasteiger partial charge in [-0.1, -0.05) is 19.9 Å². The molecule has 0 aromatic carbocycles. The minimum Gasteiger partial charge on any atom is -0.396 e. The average molecular weight is 282 g/mol. The molecule has 1 heterocycles. The molecule has 106 valence electrons. The largest absolute Gasteiger partial charge is 0.396 e. The van der Waals surface area contributed by atoms with E-state index in [4.69, 9.17) is 5.11 Å². The van der Waals surface area contributed by atoms with Crippen LogP contribution < -0.4 is 5.32 Å². The zero-order chi connectivity index (χ0) is 14.1. The number of hydrogen-bond donors (Lipinski definition) is 2. The normalized spacial score (nSPS) is 11.3. The SMILES string of the molecule is CC(C)(CCO)CNC(=O)CSCc1cccnc1. The van der Waals surface area contributed by atoms with Crippen molar-refractivity contribution < 1.29 is 9.90 Å².